The number of anilines is 1. The third-order valence-corrected chi connectivity index (χ3v) is 6.40. The van der Waals surface area contributed by atoms with Crippen molar-refractivity contribution in [3.05, 3.63) is 99.5 Å². The average Bonchev–Trinajstić information content (AvgIpc) is 2.90. The Morgan fingerprint density at radius 3 is 2.57 bits per heavy atom. The molecule has 0 aliphatic carbocycles. The van der Waals surface area contributed by atoms with Crippen molar-refractivity contribution in [2.45, 2.75) is 32.7 Å². The fourth-order valence-electron chi connectivity index (χ4n) is 4.08. The van der Waals surface area contributed by atoms with E-state index in [-0.39, 0.29) is 30.1 Å². The number of halogens is 1. The SMILES string of the molecule is COC(=O)C1=C(CCC(=O)Nc2cc(C)c(O)cc2C)NC(c2ccccn2)=NC1c1ccccc1Cl. The molecule has 0 saturated heterocycles. The minimum absolute atomic E-state index is 0.0763. The first-order valence-corrected chi connectivity index (χ1v) is 12.1. The minimum Gasteiger partial charge on any atom is -0.508 e. The number of allylic oxidation sites excluding steroid dienone is 1. The number of aliphatic imine (C=N–C) groups is 1. The molecule has 0 saturated carbocycles. The molecule has 9 heteroatoms. The number of hydrogen-bond donors (Lipinski definition) is 3. The number of carbonyl (C=O) groups is 2. The lowest BCUT2D eigenvalue weighted by atomic mass is 9.93. The number of phenols is 1. The van der Waals surface area contributed by atoms with Crippen LogP contribution in [0.4, 0.5) is 5.69 Å². The predicted molar refractivity (Wildman–Crippen MR) is 143 cm³/mol. The number of nitrogens with one attached hydrogen (secondary N) is 2. The van der Waals surface area contributed by atoms with E-state index in [4.69, 9.17) is 21.3 Å². The van der Waals surface area contributed by atoms with Gasteiger partial charge in [0.15, 0.2) is 5.84 Å². The Kier molecular flexibility index (Phi) is 7.89. The molecule has 1 aromatic heterocycles. The molecule has 4 rings (SSSR count). The lowest BCUT2D eigenvalue weighted by Gasteiger charge is -2.27. The molecule has 8 nitrogen and oxygen atoms in total. The number of ether oxygens (including phenoxy) is 1. The summed E-state index contributed by atoms with van der Waals surface area (Å²) in [6, 6.07) is 15.2. The Bertz CT molecular complexity index is 1400. The molecule has 0 bridgehead atoms. The van der Waals surface area contributed by atoms with Crippen LogP contribution in [0.15, 0.2) is 77.1 Å². The number of hydrogen-bond acceptors (Lipinski definition) is 7. The van der Waals surface area contributed by atoms with Crippen LogP contribution in [0.3, 0.4) is 0 Å². The monoisotopic (exact) mass is 518 g/mol. The molecule has 190 valence electrons. The maximum atomic E-state index is 13.0. The number of aryl methyl sites for hydroxylation is 2. The Balaban J connectivity index is 1.68. The van der Waals surface area contributed by atoms with Gasteiger partial charge in [-0.05, 0) is 61.7 Å². The van der Waals surface area contributed by atoms with Crippen LogP contribution in [0, 0.1) is 13.8 Å². The number of benzene rings is 2. The molecule has 37 heavy (non-hydrogen) atoms. The summed E-state index contributed by atoms with van der Waals surface area (Å²) in [5, 5.41) is 16.5. The highest BCUT2D eigenvalue weighted by molar-refractivity contribution is 6.31. The summed E-state index contributed by atoms with van der Waals surface area (Å²) in [7, 11) is 1.30. The zero-order chi connectivity index (χ0) is 26.5. The normalized spacial score (nSPS) is 15.0. The van der Waals surface area contributed by atoms with E-state index in [1.807, 2.05) is 12.1 Å². The molecule has 1 unspecified atom stereocenters. The van der Waals surface area contributed by atoms with Gasteiger partial charge in [0.1, 0.15) is 17.5 Å². The van der Waals surface area contributed by atoms with Crippen LogP contribution in [0.2, 0.25) is 5.02 Å². The molecule has 2 heterocycles. The summed E-state index contributed by atoms with van der Waals surface area (Å²) >= 11 is 6.51. The number of phenolic OH excluding ortho intramolecular Hbond substituents is 1. The van der Waals surface area contributed by atoms with Gasteiger partial charge in [0.05, 0.1) is 12.7 Å². The van der Waals surface area contributed by atoms with Gasteiger partial charge in [-0.25, -0.2) is 4.79 Å². The van der Waals surface area contributed by atoms with Crippen LogP contribution in [0.25, 0.3) is 0 Å². The average molecular weight is 519 g/mol. The fraction of sp³-hybridized carbons (Fsp3) is 0.214. The first-order chi connectivity index (χ1) is 17.8. The summed E-state index contributed by atoms with van der Waals surface area (Å²) in [6.45, 7) is 3.57. The van der Waals surface area contributed by atoms with Gasteiger partial charge < -0.3 is 20.5 Å². The van der Waals surface area contributed by atoms with E-state index in [1.54, 1.807) is 62.5 Å². The van der Waals surface area contributed by atoms with Crippen molar-refractivity contribution in [1.82, 2.24) is 10.3 Å². The molecule has 0 fully saturated rings. The van der Waals surface area contributed by atoms with E-state index in [9.17, 15) is 14.7 Å². The Morgan fingerprint density at radius 2 is 1.86 bits per heavy atom. The van der Waals surface area contributed by atoms with Crippen molar-refractivity contribution >= 4 is 35.0 Å². The smallest absolute Gasteiger partial charge is 0.338 e. The van der Waals surface area contributed by atoms with Crippen molar-refractivity contribution in [2.24, 2.45) is 4.99 Å². The number of nitrogens with zero attached hydrogens (tertiary/aromatic N) is 2. The van der Waals surface area contributed by atoms with Crippen molar-refractivity contribution in [1.29, 1.82) is 0 Å². The molecule has 3 aromatic rings. The fourth-order valence-corrected chi connectivity index (χ4v) is 4.32. The van der Waals surface area contributed by atoms with Gasteiger partial charge in [-0.3, -0.25) is 14.8 Å². The molecule has 0 radical (unpaired) electrons. The molecular formula is C28H27ClN4O4. The number of methoxy groups -OCH3 is 1. The Labute approximate surface area is 220 Å². The molecule has 1 aliphatic heterocycles. The van der Waals surface area contributed by atoms with Crippen LogP contribution < -0.4 is 10.6 Å². The topological polar surface area (TPSA) is 113 Å². The maximum absolute atomic E-state index is 13.0. The highest BCUT2D eigenvalue weighted by atomic mass is 35.5. The highest BCUT2D eigenvalue weighted by Gasteiger charge is 2.33. The van der Waals surface area contributed by atoms with Crippen LogP contribution in [0.5, 0.6) is 5.75 Å². The van der Waals surface area contributed by atoms with Gasteiger partial charge in [-0.15, -0.1) is 0 Å². The van der Waals surface area contributed by atoms with Crippen LogP contribution >= 0.6 is 11.6 Å². The summed E-state index contributed by atoms with van der Waals surface area (Å²) < 4.78 is 5.11. The number of pyridine rings is 1. The highest BCUT2D eigenvalue weighted by Crippen LogP contribution is 2.37. The van der Waals surface area contributed by atoms with Gasteiger partial charge in [0.25, 0.3) is 0 Å². The summed E-state index contributed by atoms with van der Waals surface area (Å²) in [4.78, 5) is 35.1. The summed E-state index contributed by atoms with van der Waals surface area (Å²) in [6.07, 6.45) is 1.94. The summed E-state index contributed by atoms with van der Waals surface area (Å²) in [5.41, 5.74) is 4.01. The largest absolute Gasteiger partial charge is 0.508 e. The van der Waals surface area contributed by atoms with Crippen molar-refractivity contribution in [2.75, 3.05) is 12.4 Å². The Hall–Kier alpha value is -4.17. The number of amides is 1. The zero-order valence-corrected chi connectivity index (χ0v) is 21.5. The van der Waals surface area contributed by atoms with Crippen LogP contribution in [0.1, 0.15) is 41.3 Å². The molecular weight excluding hydrogens is 492 g/mol. The van der Waals surface area contributed by atoms with Crippen LogP contribution in [-0.2, 0) is 14.3 Å². The third-order valence-electron chi connectivity index (χ3n) is 6.06. The van der Waals surface area contributed by atoms with Gasteiger partial charge >= 0.3 is 5.97 Å². The van der Waals surface area contributed by atoms with Gasteiger partial charge in [0, 0.05) is 34.6 Å². The van der Waals surface area contributed by atoms with Gasteiger partial charge in [0.2, 0.25) is 5.91 Å². The molecule has 3 N–H and O–H groups in total. The van der Waals surface area contributed by atoms with E-state index in [1.165, 1.54) is 7.11 Å². The number of carbonyl (C=O) groups excluding carboxylic acids is 2. The van der Waals surface area contributed by atoms with Gasteiger partial charge in [-0.1, -0.05) is 35.9 Å². The number of aromatic hydroxyl groups is 1. The number of rotatable bonds is 7. The number of esters is 1. The Morgan fingerprint density at radius 1 is 1.11 bits per heavy atom. The number of amidine groups is 1. The third kappa shape index (κ3) is 5.81. The second-order valence-corrected chi connectivity index (χ2v) is 9.03. The van der Waals surface area contributed by atoms with E-state index >= 15 is 0 Å². The van der Waals surface area contributed by atoms with E-state index in [0.717, 1.165) is 5.56 Å². The second-order valence-electron chi connectivity index (χ2n) is 8.63. The number of aromatic nitrogens is 1. The van der Waals surface area contributed by atoms with Crippen LogP contribution in [-0.4, -0.2) is 34.9 Å². The maximum Gasteiger partial charge on any atom is 0.338 e. The lowest BCUT2D eigenvalue weighted by Crippen LogP contribution is -2.34. The molecule has 1 aliphatic rings. The molecule has 1 atom stereocenters. The molecule has 0 spiro atoms. The van der Waals surface area contributed by atoms with E-state index in [0.29, 0.717) is 39.1 Å². The lowest BCUT2D eigenvalue weighted by molar-refractivity contribution is -0.136. The summed E-state index contributed by atoms with van der Waals surface area (Å²) in [5.74, 6) is -0.190. The zero-order valence-electron chi connectivity index (χ0n) is 20.7. The van der Waals surface area contributed by atoms with E-state index < -0.39 is 12.0 Å². The van der Waals surface area contributed by atoms with Crippen molar-refractivity contribution in [3.63, 3.8) is 0 Å². The van der Waals surface area contributed by atoms with Crippen molar-refractivity contribution in [3.8, 4) is 5.75 Å². The van der Waals surface area contributed by atoms with Gasteiger partial charge in [-0.2, -0.15) is 0 Å². The molecule has 2 aromatic carbocycles. The second kappa shape index (κ2) is 11.3. The van der Waals surface area contributed by atoms with E-state index in [2.05, 4.69) is 15.6 Å². The standard InChI is InChI=1S/C28H27ClN4O4/c1-16-15-23(34)17(2)14-22(16)31-24(35)12-11-20-25(28(36)37-3)26(18-8-4-5-9-19(18)29)33-27(32-20)21-10-6-7-13-30-21/h4-10,13-15,26,34H,11-12H2,1-3H3,(H,31,35)(H,32,33). The first-order valence-electron chi connectivity index (χ1n) is 11.7. The van der Waals surface area contributed by atoms with Crippen molar-refractivity contribution < 1.29 is 19.4 Å². The predicted octanol–water partition coefficient (Wildman–Crippen LogP) is 4.99. The minimum atomic E-state index is -0.751. The molecule has 1 amide bonds. The first kappa shape index (κ1) is 25.9. The quantitative estimate of drug-likeness (QED) is 0.300.